The van der Waals surface area contributed by atoms with Crippen LogP contribution in [0.25, 0.3) is 0 Å². The molecule has 2 nitrogen and oxygen atoms in total. The Bertz CT molecular complexity index is 605. The highest BCUT2D eigenvalue weighted by atomic mass is 127. The Morgan fingerprint density at radius 1 is 1.21 bits per heavy atom. The van der Waals surface area contributed by atoms with Gasteiger partial charge in [0.2, 0.25) is 0 Å². The van der Waals surface area contributed by atoms with Crippen molar-refractivity contribution in [3.63, 3.8) is 0 Å². The van der Waals surface area contributed by atoms with Gasteiger partial charge in [-0.05, 0) is 66.3 Å². The van der Waals surface area contributed by atoms with E-state index in [4.69, 9.17) is 4.74 Å². The molecule has 0 aliphatic heterocycles. The summed E-state index contributed by atoms with van der Waals surface area (Å²) in [6.07, 6.45) is 0. The van der Waals surface area contributed by atoms with Crippen molar-refractivity contribution in [2.45, 2.75) is 20.5 Å². The summed E-state index contributed by atoms with van der Waals surface area (Å²) >= 11 is 2.30. The van der Waals surface area contributed by atoms with Crippen molar-refractivity contribution in [3.8, 4) is 5.75 Å². The topological polar surface area (TPSA) is 26.3 Å². The maximum absolute atomic E-state index is 11.4. The minimum atomic E-state index is 0.0849. The van der Waals surface area contributed by atoms with Crippen molar-refractivity contribution < 1.29 is 9.53 Å². The zero-order valence-electron chi connectivity index (χ0n) is 10.9. The lowest BCUT2D eigenvalue weighted by Crippen LogP contribution is -2.00. The quantitative estimate of drug-likeness (QED) is 0.593. The van der Waals surface area contributed by atoms with Crippen LogP contribution in [0.2, 0.25) is 0 Å². The van der Waals surface area contributed by atoms with Gasteiger partial charge in [-0.1, -0.05) is 18.2 Å². The zero-order chi connectivity index (χ0) is 13.8. The minimum Gasteiger partial charge on any atom is -0.489 e. The third-order valence-corrected chi connectivity index (χ3v) is 3.98. The number of rotatable bonds is 4. The van der Waals surface area contributed by atoms with E-state index in [1.165, 1.54) is 3.57 Å². The van der Waals surface area contributed by atoms with Gasteiger partial charge in [0.15, 0.2) is 5.78 Å². The summed E-state index contributed by atoms with van der Waals surface area (Å²) in [6.45, 7) is 4.04. The Kier molecular flexibility index (Phi) is 4.58. The van der Waals surface area contributed by atoms with Gasteiger partial charge in [0.25, 0.3) is 0 Å². The summed E-state index contributed by atoms with van der Waals surface area (Å²) in [7, 11) is 0. The molecule has 0 spiro atoms. The van der Waals surface area contributed by atoms with Crippen LogP contribution in [0.5, 0.6) is 5.75 Å². The molecule has 0 amide bonds. The Balaban J connectivity index is 2.11. The molecular weight excluding hydrogens is 351 g/mol. The molecule has 2 aromatic carbocycles. The van der Waals surface area contributed by atoms with Crippen LogP contribution in [0.3, 0.4) is 0 Å². The fraction of sp³-hybridized carbons (Fsp3) is 0.188. The summed E-state index contributed by atoms with van der Waals surface area (Å²) in [6, 6.07) is 13.7. The number of hydrogen-bond acceptors (Lipinski definition) is 2. The number of benzene rings is 2. The van der Waals surface area contributed by atoms with Gasteiger partial charge in [-0.2, -0.15) is 0 Å². The third kappa shape index (κ3) is 3.56. The van der Waals surface area contributed by atoms with E-state index in [0.29, 0.717) is 6.61 Å². The number of carbonyl (C=O) groups excluding carboxylic acids is 1. The second kappa shape index (κ2) is 6.19. The first kappa shape index (κ1) is 14.1. The van der Waals surface area contributed by atoms with Crippen molar-refractivity contribution in [3.05, 3.63) is 62.7 Å². The molecule has 0 bridgehead atoms. The predicted molar refractivity (Wildman–Crippen MR) is 84.7 cm³/mol. The van der Waals surface area contributed by atoms with Crippen molar-refractivity contribution in [1.82, 2.24) is 0 Å². The lowest BCUT2D eigenvalue weighted by atomic mass is 10.1. The molecule has 98 valence electrons. The second-order valence-electron chi connectivity index (χ2n) is 4.41. The van der Waals surface area contributed by atoms with Crippen LogP contribution >= 0.6 is 22.6 Å². The molecule has 2 aromatic rings. The smallest absolute Gasteiger partial charge is 0.160 e. The maximum Gasteiger partial charge on any atom is 0.160 e. The molecule has 0 saturated carbocycles. The highest BCUT2D eigenvalue weighted by Gasteiger charge is 2.06. The maximum atomic E-state index is 11.4. The number of halogens is 1. The summed E-state index contributed by atoms with van der Waals surface area (Å²) in [5.41, 5.74) is 2.87. The van der Waals surface area contributed by atoms with Crippen LogP contribution < -0.4 is 4.74 Å². The average molecular weight is 366 g/mol. The fourth-order valence-electron chi connectivity index (χ4n) is 1.90. The van der Waals surface area contributed by atoms with Crippen LogP contribution in [0, 0.1) is 10.5 Å². The SMILES string of the molecule is CC(=O)c1ccc(OCc2ccccc2I)cc1C. The minimum absolute atomic E-state index is 0.0849. The zero-order valence-corrected chi connectivity index (χ0v) is 13.1. The number of hydrogen-bond donors (Lipinski definition) is 0. The van der Waals surface area contributed by atoms with Crippen molar-refractivity contribution in [1.29, 1.82) is 0 Å². The van der Waals surface area contributed by atoms with E-state index in [1.54, 1.807) is 6.92 Å². The molecule has 0 saturated heterocycles. The molecule has 19 heavy (non-hydrogen) atoms. The van der Waals surface area contributed by atoms with Crippen molar-refractivity contribution >= 4 is 28.4 Å². The molecule has 0 aliphatic rings. The van der Waals surface area contributed by atoms with E-state index < -0.39 is 0 Å². The summed E-state index contributed by atoms with van der Waals surface area (Å²) in [5.74, 6) is 0.879. The van der Waals surface area contributed by atoms with Crippen LogP contribution in [0.1, 0.15) is 28.4 Å². The predicted octanol–water partition coefficient (Wildman–Crippen LogP) is 4.38. The standard InChI is InChI=1S/C16H15IO2/c1-11-9-14(7-8-15(11)12(2)18)19-10-13-5-3-4-6-16(13)17/h3-9H,10H2,1-2H3. The van der Waals surface area contributed by atoms with E-state index in [2.05, 4.69) is 34.7 Å². The molecule has 2 rings (SSSR count). The first-order valence-electron chi connectivity index (χ1n) is 6.05. The van der Waals surface area contributed by atoms with Crippen LogP contribution in [-0.4, -0.2) is 5.78 Å². The number of Topliss-reactive ketones (excluding diaryl/α,β-unsaturated/α-hetero) is 1. The van der Waals surface area contributed by atoms with Crippen molar-refractivity contribution in [2.75, 3.05) is 0 Å². The van der Waals surface area contributed by atoms with Gasteiger partial charge in [0.05, 0.1) is 0 Å². The molecular formula is C16H15IO2. The summed E-state index contributed by atoms with van der Waals surface area (Å²) in [4.78, 5) is 11.4. The van der Waals surface area contributed by atoms with Crippen LogP contribution in [0.4, 0.5) is 0 Å². The largest absolute Gasteiger partial charge is 0.489 e. The first-order valence-corrected chi connectivity index (χ1v) is 7.13. The third-order valence-electron chi connectivity index (χ3n) is 2.93. The molecule has 0 radical (unpaired) electrons. The highest BCUT2D eigenvalue weighted by molar-refractivity contribution is 14.1. The fourth-order valence-corrected chi connectivity index (χ4v) is 2.44. The van der Waals surface area contributed by atoms with Crippen LogP contribution in [0.15, 0.2) is 42.5 Å². The van der Waals surface area contributed by atoms with Gasteiger partial charge in [-0.3, -0.25) is 4.79 Å². The van der Waals surface area contributed by atoms with Crippen LogP contribution in [-0.2, 0) is 6.61 Å². The van der Waals surface area contributed by atoms with Gasteiger partial charge in [0.1, 0.15) is 12.4 Å². The number of carbonyl (C=O) groups is 1. The summed E-state index contributed by atoms with van der Waals surface area (Å²) in [5, 5.41) is 0. The van der Waals surface area contributed by atoms with Gasteiger partial charge in [-0.25, -0.2) is 0 Å². The number of aryl methyl sites for hydroxylation is 1. The molecule has 0 aliphatic carbocycles. The van der Waals surface area contributed by atoms with Gasteiger partial charge in [0, 0.05) is 14.7 Å². The lowest BCUT2D eigenvalue weighted by molar-refractivity contribution is 0.101. The Morgan fingerprint density at radius 2 is 1.95 bits per heavy atom. The monoisotopic (exact) mass is 366 g/mol. The van der Waals surface area contributed by atoms with Gasteiger partial charge >= 0.3 is 0 Å². The van der Waals surface area contributed by atoms with E-state index in [-0.39, 0.29) is 5.78 Å². The first-order chi connectivity index (χ1) is 9.08. The normalized spacial score (nSPS) is 10.3. The van der Waals surface area contributed by atoms with E-state index in [0.717, 1.165) is 22.4 Å². The Labute approximate surface area is 126 Å². The molecule has 0 aromatic heterocycles. The molecule has 0 heterocycles. The number of ketones is 1. The lowest BCUT2D eigenvalue weighted by Gasteiger charge is -2.10. The molecule has 0 N–H and O–H groups in total. The van der Waals surface area contributed by atoms with Gasteiger partial charge in [-0.15, -0.1) is 0 Å². The van der Waals surface area contributed by atoms with Gasteiger partial charge < -0.3 is 4.74 Å². The Morgan fingerprint density at radius 3 is 2.58 bits per heavy atom. The van der Waals surface area contributed by atoms with E-state index in [1.807, 2.05) is 37.3 Å². The van der Waals surface area contributed by atoms with Crippen molar-refractivity contribution in [2.24, 2.45) is 0 Å². The Hall–Kier alpha value is -1.36. The number of ether oxygens (including phenoxy) is 1. The molecule has 0 fully saturated rings. The summed E-state index contributed by atoms with van der Waals surface area (Å²) < 4.78 is 6.96. The molecule has 0 atom stereocenters. The molecule has 3 heteroatoms. The highest BCUT2D eigenvalue weighted by Crippen LogP contribution is 2.20. The van der Waals surface area contributed by atoms with E-state index >= 15 is 0 Å². The second-order valence-corrected chi connectivity index (χ2v) is 5.58. The van der Waals surface area contributed by atoms with E-state index in [9.17, 15) is 4.79 Å². The average Bonchev–Trinajstić information content (AvgIpc) is 2.37. The molecule has 0 unspecified atom stereocenters.